The third kappa shape index (κ3) is 6.00. The van der Waals surface area contributed by atoms with Gasteiger partial charge in [0, 0.05) is 37.6 Å². The van der Waals surface area contributed by atoms with E-state index < -0.39 is 16.7 Å². The second-order valence-electron chi connectivity index (χ2n) is 4.07. The lowest BCUT2D eigenvalue weighted by Gasteiger charge is -2.06. The average molecular weight is 295 g/mol. The summed E-state index contributed by atoms with van der Waals surface area (Å²) in [5, 5.41) is 15.3. The summed E-state index contributed by atoms with van der Waals surface area (Å²) in [5.41, 5.74) is 0.0311. The summed E-state index contributed by atoms with van der Waals surface area (Å²) in [6.07, 6.45) is 0.601. The zero-order valence-corrected chi connectivity index (χ0v) is 11.6. The molecule has 21 heavy (non-hydrogen) atoms. The highest BCUT2D eigenvalue weighted by molar-refractivity contribution is 6.39. The number of hydrogen-bond donors (Lipinski definition) is 2. The van der Waals surface area contributed by atoms with Crippen molar-refractivity contribution in [3.63, 3.8) is 0 Å². The number of hydrogen-bond acceptors (Lipinski definition) is 5. The highest BCUT2D eigenvalue weighted by atomic mass is 16.6. The number of carbonyl (C=O) groups excluding carboxylic acids is 2. The minimum Gasteiger partial charge on any atom is -0.382 e. The molecule has 0 spiro atoms. The molecule has 8 heteroatoms. The molecule has 0 unspecified atom stereocenters. The molecule has 8 nitrogen and oxygen atoms in total. The van der Waals surface area contributed by atoms with Gasteiger partial charge in [0.1, 0.15) is 0 Å². The number of carbonyl (C=O) groups is 2. The first-order valence-corrected chi connectivity index (χ1v) is 6.46. The van der Waals surface area contributed by atoms with Crippen LogP contribution in [0.25, 0.3) is 0 Å². The quantitative estimate of drug-likeness (QED) is 0.338. The molecule has 114 valence electrons. The van der Waals surface area contributed by atoms with Gasteiger partial charge in [0.25, 0.3) is 5.69 Å². The van der Waals surface area contributed by atoms with E-state index in [2.05, 4.69) is 10.6 Å². The molecule has 1 aromatic carbocycles. The van der Waals surface area contributed by atoms with Gasteiger partial charge in [-0.3, -0.25) is 19.7 Å². The van der Waals surface area contributed by atoms with Gasteiger partial charge in [-0.25, -0.2) is 0 Å². The van der Waals surface area contributed by atoms with E-state index in [0.717, 1.165) is 0 Å². The van der Waals surface area contributed by atoms with Crippen LogP contribution in [0.15, 0.2) is 24.3 Å². The van der Waals surface area contributed by atoms with Crippen molar-refractivity contribution in [1.29, 1.82) is 0 Å². The molecular formula is C13H17N3O5. The second-order valence-corrected chi connectivity index (χ2v) is 4.07. The van der Waals surface area contributed by atoms with Gasteiger partial charge < -0.3 is 15.4 Å². The summed E-state index contributed by atoms with van der Waals surface area (Å²) in [6, 6.07) is 5.37. The fourth-order valence-electron chi connectivity index (χ4n) is 1.49. The molecule has 0 fully saturated rings. The smallest absolute Gasteiger partial charge is 0.313 e. The predicted octanol–water partition coefficient (Wildman–Crippen LogP) is 1.08. The first kappa shape index (κ1) is 16.6. The van der Waals surface area contributed by atoms with Crippen molar-refractivity contribution in [2.75, 3.05) is 25.1 Å². The highest BCUT2D eigenvalue weighted by Gasteiger charge is 2.14. The number of anilines is 1. The lowest BCUT2D eigenvalue weighted by molar-refractivity contribution is -0.384. The lowest BCUT2D eigenvalue weighted by Crippen LogP contribution is -2.36. The highest BCUT2D eigenvalue weighted by Crippen LogP contribution is 2.16. The van der Waals surface area contributed by atoms with E-state index in [4.69, 9.17) is 4.74 Å². The average Bonchev–Trinajstić information content (AvgIpc) is 2.47. The van der Waals surface area contributed by atoms with E-state index in [1.54, 1.807) is 0 Å². The van der Waals surface area contributed by atoms with E-state index in [9.17, 15) is 19.7 Å². The molecule has 1 aromatic rings. The van der Waals surface area contributed by atoms with Gasteiger partial charge in [-0.05, 0) is 19.4 Å². The van der Waals surface area contributed by atoms with Gasteiger partial charge in [-0.1, -0.05) is 6.07 Å². The van der Waals surface area contributed by atoms with Crippen LogP contribution < -0.4 is 10.6 Å². The maximum absolute atomic E-state index is 11.6. The van der Waals surface area contributed by atoms with E-state index in [1.165, 1.54) is 24.3 Å². The molecule has 0 saturated carbocycles. The molecule has 2 N–H and O–H groups in total. The van der Waals surface area contributed by atoms with Crippen LogP contribution >= 0.6 is 0 Å². The molecule has 0 aliphatic heterocycles. The Morgan fingerprint density at radius 1 is 1.33 bits per heavy atom. The van der Waals surface area contributed by atoms with Crippen molar-refractivity contribution in [2.45, 2.75) is 13.3 Å². The number of nitrogens with one attached hydrogen (secondary N) is 2. The topological polar surface area (TPSA) is 111 Å². The Bertz CT molecular complexity index is 518. The molecule has 0 saturated heterocycles. The number of nitro benzene ring substituents is 1. The van der Waals surface area contributed by atoms with E-state index in [1.807, 2.05) is 6.92 Å². The maximum Gasteiger partial charge on any atom is 0.313 e. The molecule has 0 aliphatic rings. The predicted molar refractivity (Wildman–Crippen MR) is 75.8 cm³/mol. The van der Waals surface area contributed by atoms with Crippen LogP contribution in [0.2, 0.25) is 0 Å². The molecule has 0 aliphatic carbocycles. The van der Waals surface area contributed by atoms with Gasteiger partial charge in [0.2, 0.25) is 0 Å². The summed E-state index contributed by atoms with van der Waals surface area (Å²) in [6.45, 7) is 3.29. The Hall–Kier alpha value is -2.48. The number of benzene rings is 1. The van der Waals surface area contributed by atoms with Crippen molar-refractivity contribution in [2.24, 2.45) is 0 Å². The first-order chi connectivity index (χ1) is 10.0. The molecule has 2 amide bonds. The maximum atomic E-state index is 11.6. The summed E-state index contributed by atoms with van der Waals surface area (Å²) >= 11 is 0. The van der Waals surface area contributed by atoms with Crippen LogP contribution in [0.3, 0.4) is 0 Å². The fraction of sp³-hybridized carbons (Fsp3) is 0.385. The SMILES string of the molecule is CCOCCCNC(=O)C(=O)Nc1cccc([N+](=O)[O-])c1. The Morgan fingerprint density at radius 3 is 2.76 bits per heavy atom. The van der Waals surface area contributed by atoms with Crippen LogP contribution in [-0.2, 0) is 14.3 Å². The third-order valence-corrected chi connectivity index (χ3v) is 2.48. The van der Waals surface area contributed by atoms with Crippen molar-refractivity contribution in [1.82, 2.24) is 5.32 Å². The summed E-state index contributed by atoms with van der Waals surface area (Å²) in [5.74, 6) is -1.66. The van der Waals surface area contributed by atoms with Crippen LogP contribution in [0.4, 0.5) is 11.4 Å². The number of ether oxygens (including phenoxy) is 1. The molecule has 0 aromatic heterocycles. The summed E-state index contributed by atoms with van der Waals surface area (Å²) < 4.78 is 5.09. The minimum atomic E-state index is -0.869. The van der Waals surface area contributed by atoms with E-state index >= 15 is 0 Å². The number of rotatable bonds is 7. The number of amides is 2. The van der Waals surface area contributed by atoms with Crippen molar-refractivity contribution in [3.8, 4) is 0 Å². The summed E-state index contributed by atoms with van der Waals surface area (Å²) in [4.78, 5) is 33.1. The Morgan fingerprint density at radius 2 is 2.10 bits per heavy atom. The van der Waals surface area contributed by atoms with Crippen molar-refractivity contribution in [3.05, 3.63) is 34.4 Å². The zero-order chi connectivity index (χ0) is 15.7. The van der Waals surface area contributed by atoms with Crippen LogP contribution in [0.1, 0.15) is 13.3 Å². The standard InChI is InChI=1S/C13H17N3O5/c1-2-21-8-4-7-14-12(17)13(18)15-10-5-3-6-11(9-10)16(19)20/h3,5-6,9H,2,4,7-8H2,1H3,(H,14,17)(H,15,18). The molecule has 0 radical (unpaired) electrons. The summed E-state index contributed by atoms with van der Waals surface area (Å²) in [7, 11) is 0. The van der Waals surface area contributed by atoms with Gasteiger partial charge in [-0.15, -0.1) is 0 Å². The van der Waals surface area contributed by atoms with Crippen LogP contribution in [0, 0.1) is 10.1 Å². The fourth-order valence-corrected chi connectivity index (χ4v) is 1.49. The molecular weight excluding hydrogens is 278 g/mol. The van der Waals surface area contributed by atoms with Crippen molar-refractivity contribution >= 4 is 23.2 Å². The lowest BCUT2D eigenvalue weighted by atomic mass is 10.3. The second kappa shape index (κ2) is 8.64. The van der Waals surface area contributed by atoms with Gasteiger partial charge >= 0.3 is 11.8 Å². The van der Waals surface area contributed by atoms with Gasteiger partial charge in [0.05, 0.1) is 4.92 Å². The Balaban J connectivity index is 2.43. The minimum absolute atomic E-state index is 0.162. The number of non-ortho nitro benzene ring substituents is 1. The van der Waals surface area contributed by atoms with Crippen molar-refractivity contribution < 1.29 is 19.2 Å². The number of nitrogens with zero attached hydrogens (tertiary/aromatic N) is 1. The molecule has 1 rings (SSSR count). The van der Waals surface area contributed by atoms with E-state index in [-0.39, 0.29) is 11.4 Å². The van der Waals surface area contributed by atoms with Gasteiger partial charge in [0.15, 0.2) is 0 Å². The number of nitro groups is 1. The third-order valence-electron chi connectivity index (χ3n) is 2.48. The van der Waals surface area contributed by atoms with E-state index in [0.29, 0.717) is 26.2 Å². The Kier molecular flexibility index (Phi) is 6.82. The molecule has 0 bridgehead atoms. The van der Waals surface area contributed by atoms with Crippen LogP contribution in [0.5, 0.6) is 0 Å². The zero-order valence-electron chi connectivity index (χ0n) is 11.6. The normalized spacial score (nSPS) is 9.95. The van der Waals surface area contributed by atoms with Crippen LogP contribution in [-0.4, -0.2) is 36.5 Å². The monoisotopic (exact) mass is 295 g/mol. The molecule has 0 atom stereocenters. The first-order valence-electron chi connectivity index (χ1n) is 6.46. The molecule has 0 heterocycles. The Labute approximate surface area is 121 Å². The van der Waals surface area contributed by atoms with Gasteiger partial charge in [-0.2, -0.15) is 0 Å². The largest absolute Gasteiger partial charge is 0.382 e.